The van der Waals surface area contributed by atoms with Crippen LogP contribution in [0, 0.1) is 0 Å². The van der Waals surface area contributed by atoms with Crippen molar-refractivity contribution in [1.82, 2.24) is 4.90 Å². The average molecular weight is 424 g/mol. The predicted molar refractivity (Wildman–Crippen MR) is 105 cm³/mol. The maximum atomic E-state index is 12.5. The third kappa shape index (κ3) is 5.47. The van der Waals surface area contributed by atoms with Crippen LogP contribution in [-0.4, -0.2) is 48.8 Å². The van der Waals surface area contributed by atoms with Crippen molar-refractivity contribution in [3.63, 3.8) is 0 Å². The van der Waals surface area contributed by atoms with Gasteiger partial charge in [0, 0.05) is 19.6 Å². The fourth-order valence-electron chi connectivity index (χ4n) is 3.35. The zero-order valence-electron chi connectivity index (χ0n) is 14.5. The number of benzene rings is 1. The number of halogens is 3. The van der Waals surface area contributed by atoms with Crippen LogP contribution in [0.4, 0.5) is 0 Å². The number of carbonyl (C=O) groups excluding carboxylic acids is 1. The zero-order valence-corrected chi connectivity index (χ0v) is 16.9. The number of carbonyl (C=O) groups is 1. The fraction of sp³-hybridized carbons (Fsp3) is 0.611. The first-order valence-electron chi connectivity index (χ1n) is 8.76. The topological polar surface area (TPSA) is 64.8 Å². The molecule has 0 spiro atoms. The van der Waals surface area contributed by atoms with E-state index < -0.39 is 0 Å². The van der Waals surface area contributed by atoms with Crippen LogP contribution in [0.3, 0.4) is 0 Å². The van der Waals surface area contributed by atoms with E-state index in [4.69, 9.17) is 38.4 Å². The van der Waals surface area contributed by atoms with E-state index in [1.54, 1.807) is 6.07 Å². The van der Waals surface area contributed by atoms with Crippen molar-refractivity contribution in [3.8, 4) is 0 Å². The van der Waals surface area contributed by atoms with Crippen LogP contribution in [0.15, 0.2) is 18.2 Å². The number of hydrogen-bond donors (Lipinski definition) is 1. The molecular formula is C18H25Cl3N2O3. The van der Waals surface area contributed by atoms with E-state index in [-0.39, 0.29) is 36.6 Å². The highest BCUT2D eigenvalue weighted by atomic mass is 35.5. The number of piperidine rings is 1. The molecule has 2 saturated heterocycles. The summed E-state index contributed by atoms with van der Waals surface area (Å²) >= 11 is 11.9. The average Bonchev–Trinajstić information content (AvgIpc) is 3.12. The first kappa shape index (κ1) is 21.7. The highest BCUT2D eigenvalue weighted by Gasteiger charge is 2.34. The summed E-state index contributed by atoms with van der Waals surface area (Å²) in [4.78, 5) is 14.4. The van der Waals surface area contributed by atoms with Gasteiger partial charge in [0.1, 0.15) is 6.10 Å². The Morgan fingerprint density at radius 2 is 1.92 bits per heavy atom. The molecule has 2 N–H and O–H groups in total. The molecule has 2 atom stereocenters. The number of likely N-dealkylation sites (tertiary alicyclic amines) is 1. The Hall–Kier alpha value is -0.560. The van der Waals surface area contributed by atoms with Crippen LogP contribution in [0.1, 0.15) is 31.2 Å². The van der Waals surface area contributed by atoms with Crippen LogP contribution in [0.25, 0.3) is 0 Å². The molecule has 1 aromatic carbocycles. The summed E-state index contributed by atoms with van der Waals surface area (Å²) in [5.74, 6) is 0.0962. The van der Waals surface area contributed by atoms with Gasteiger partial charge in [0.15, 0.2) is 0 Å². The van der Waals surface area contributed by atoms with Gasteiger partial charge in [-0.2, -0.15) is 0 Å². The lowest BCUT2D eigenvalue weighted by atomic mass is 10.1. The lowest BCUT2D eigenvalue weighted by Gasteiger charge is -2.33. The van der Waals surface area contributed by atoms with Crippen molar-refractivity contribution in [1.29, 1.82) is 0 Å². The number of rotatable bonds is 5. The van der Waals surface area contributed by atoms with Gasteiger partial charge >= 0.3 is 0 Å². The molecule has 2 aliphatic rings. The Morgan fingerprint density at radius 1 is 1.19 bits per heavy atom. The van der Waals surface area contributed by atoms with Crippen LogP contribution in [-0.2, 0) is 20.9 Å². The Bertz CT molecular complexity index is 609. The van der Waals surface area contributed by atoms with E-state index in [0.29, 0.717) is 36.3 Å². The van der Waals surface area contributed by atoms with Gasteiger partial charge in [0.25, 0.3) is 5.91 Å². The van der Waals surface area contributed by atoms with Crippen LogP contribution >= 0.6 is 35.6 Å². The molecule has 26 heavy (non-hydrogen) atoms. The second kappa shape index (κ2) is 10.1. The number of hydrogen-bond acceptors (Lipinski definition) is 4. The second-order valence-corrected chi connectivity index (χ2v) is 7.46. The standard InChI is InChI=1S/C18H24Cl2N2O3.ClH/c19-15-3-1-12(9-16(15)20)11-24-13-5-7-22(8-6-13)18(23)17-4-2-14(10-21)25-17;/h1,3,9,13-14,17H,2,4-8,10-11,21H2;1H/t14-,17+;/m1./s1. The van der Waals surface area contributed by atoms with E-state index in [0.717, 1.165) is 31.2 Å². The number of ether oxygens (including phenoxy) is 2. The monoisotopic (exact) mass is 422 g/mol. The molecule has 1 aromatic rings. The maximum absolute atomic E-state index is 12.5. The molecule has 5 nitrogen and oxygen atoms in total. The zero-order chi connectivity index (χ0) is 17.8. The molecule has 0 unspecified atom stereocenters. The van der Waals surface area contributed by atoms with Crippen molar-refractivity contribution < 1.29 is 14.3 Å². The summed E-state index contributed by atoms with van der Waals surface area (Å²) in [5, 5.41) is 1.08. The molecule has 8 heteroatoms. The molecule has 0 bridgehead atoms. The first-order chi connectivity index (χ1) is 12.1. The molecule has 2 aliphatic heterocycles. The summed E-state index contributed by atoms with van der Waals surface area (Å²) in [6.07, 6.45) is 3.17. The summed E-state index contributed by atoms with van der Waals surface area (Å²) in [7, 11) is 0. The van der Waals surface area contributed by atoms with E-state index in [9.17, 15) is 4.79 Å². The predicted octanol–water partition coefficient (Wildman–Crippen LogP) is 3.43. The van der Waals surface area contributed by atoms with Crippen molar-refractivity contribution in [2.45, 2.75) is 50.6 Å². The maximum Gasteiger partial charge on any atom is 0.251 e. The summed E-state index contributed by atoms with van der Waals surface area (Å²) < 4.78 is 11.7. The Morgan fingerprint density at radius 3 is 2.54 bits per heavy atom. The lowest BCUT2D eigenvalue weighted by molar-refractivity contribution is -0.145. The van der Waals surface area contributed by atoms with E-state index in [1.807, 2.05) is 17.0 Å². The number of nitrogens with zero attached hydrogens (tertiary/aromatic N) is 1. The highest BCUT2D eigenvalue weighted by molar-refractivity contribution is 6.42. The van der Waals surface area contributed by atoms with Gasteiger partial charge in [-0.1, -0.05) is 29.3 Å². The van der Waals surface area contributed by atoms with Gasteiger partial charge in [0.2, 0.25) is 0 Å². The molecule has 0 saturated carbocycles. The van der Waals surface area contributed by atoms with Gasteiger partial charge in [-0.25, -0.2) is 0 Å². The molecule has 2 heterocycles. The van der Waals surface area contributed by atoms with Gasteiger partial charge in [-0.3, -0.25) is 4.79 Å². The van der Waals surface area contributed by atoms with Gasteiger partial charge in [-0.15, -0.1) is 12.4 Å². The van der Waals surface area contributed by atoms with Crippen molar-refractivity contribution >= 4 is 41.5 Å². The Balaban J connectivity index is 0.00000243. The third-order valence-electron chi connectivity index (χ3n) is 4.87. The minimum Gasteiger partial charge on any atom is -0.373 e. The number of amides is 1. The SMILES string of the molecule is Cl.NC[C@H]1CC[C@@H](C(=O)N2CCC(OCc3ccc(Cl)c(Cl)c3)CC2)O1. The van der Waals surface area contributed by atoms with Gasteiger partial charge in [-0.05, 0) is 43.4 Å². The largest absolute Gasteiger partial charge is 0.373 e. The molecule has 0 aliphatic carbocycles. The minimum absolute atomic E-state index is 0. The van der Waals surface area contributed by atoms with Crippen molar-refractivity contribution in [2.75, 3.05) is 19.6 Å². The summed E-state index contributed by atoms with van der Waals surface area (Å²) in [6, 6.07) is 5.52. The summed E-state index contributed by atoms with van der Waals surface area (Å²) in [5.41, 5.74) is 6.61. The van der Waals surface area contributed by atoms with Crippen molar-refractivity contribution in [3.05, 3.63) is 33.8 Å². The van der Waals surface area contributed by atoms with E-state index in [1.165, 1.54) is 0 Å². The fourth-order valence-corrected chi connectivity index (χ4v) is 3.67. The minimum atomic E-state index is -0.317. The van der Waals surface area contributed by atoms with Crippen LogP contribution in [0.5, 0.6) is 0 Å². The Kier molecular flexibility index (Phi) is 8.45. The number of nitrogens with two attached hydrogens (primary N) is 1. The third-order valence-corrected chi connectivity index (χ3v) is 5.61. The van der Waals surface area contributed by atoms with Crippen LogP contribution in [0.2, 0.25) is 10.0 Å². The lowest BCUT2D eigenvalue weighted by Crippen LogP contribution is -2.45. The molecule has 1 amide bonds. The van der Waals surface area contributed by atoms with Crippen LogP contribution < -0.4 is 5.73 Å². The molecular weight excluding hydrogens is 399 g/mol. The van der Waals surface area contributed by atoms with E-state index in [2.05, 4.69) is 0 Å². The van der Waals surface area contributed by atoms with E-state index >= 15 is 0 Å². The molecule has 3 rings (SSSR count). The summed E-state index contributed by atoms with van der Waals surface area (Å²) in [6.45, 7) is 2.39. The second-order valence-electron chi connectivity index (χ2n) is 6.64. The smallest absolute Gasteiger partial charge is 0.251 e. The Labute approximate surface area is 170 Å². The first-order valence-corrected chi connectivity index (χ1v) is 9.52. The quantitative estimate of drug-likeness (QED) is 0.788. The molecule has 0 aromatic heterocycles. The molecule has 2 fully saturated rings. The van der Waals surface area contributed by atoms with Crippen molar-refractivity contribution in [2.24, 2.45) is 5.73 Å². The molecule has 146 valence electrons. The normalized spacial score (nSPS) is 23.7. The molecule has 0 radical (unpaired) electrons. The van der Waals surface area contributed by atoms with Gasteiger partial charge in [0.05, 0.1) is 28.9 Å². The van der Waals surface area contributed by atoms with Gasteiger partial charge < -0.3 is 20.1 Å². The highest BCUT2D eigenvalue weighted by Crippen LogP contribution is 2.25.